The van der Waals surface area contributed by atoms with Crippen LogP contribution in [0.15, 0.2) is 30.3 Å². The number of para-hydroxylation sites is 1. The molecule has 0 aliphatic carbocycles. The van der Waals surface area contributed by atoms with Crippen LogP contribution < -0.4 is 4.90 Å². The van der Waals surface area contributed by atoms with Gasteiger partial charge in [-0.2, -0.15) is 4.94 Å². The Kier molecular flexibility index (Phi) is 4.76. The first-order chi connectivity index (χ1) is 8.40. The summed E-state index contributed by atoms with van der Waals surface area (Å²) in [6.07, 6.45) is 0.766. The van der Waals surface area contributed by atoms with Crippen LogP contribution in [0.4, 0.5) is 10.2 Å². The predicted molar refractivity (Wildman–Crippen MR) is 66.8 cm³/mol. The first-order valence-corrected chi connectivity index (χ1v) is 6.16. The molecule has 2 rings (SSSR count). The number of anilines is 1. The van der Waals surface area contributed by atoms with Crippen LogP contribution in [0.2, 0.25) is 0 Å². The highest BCUT2D eigenvalue weighted by Gasteiger charge is 2.16. The second kappa shape index (κ2) is 6.57. The average Bonchev–Trinajstić information content (AvgIpc) is 2.41. The van der Waals surface area contributed by atoms with Gasteiger partial charge in [-0.1, -0.05) is 18.2 Å². The van der Waals surface area contributed by atoms with E-state index in [4.69, 9.17) is 0 Å². The van der Waals surface area contributed by atoms with Gasteiger partial charge in [0.25, 0.3) is 0 Å². The molecule has 0 unspecified atom stereocenters. The van der Waals surface area contributed by atoms with Crippen LogP contribution in [0.1, 0.15) is 6.42 Å². The van der Waals surface area contributed by atoms with E-state index < -0.39 is 0 Å². The summed E-state index contributed by atoms with van der Waals surface area (Å²) >= 11 is 0. The van der Waals surface area contributed by atoms with E-state index in [2.05, 4.69) is 39.0 Å². The van der Waals surface area contributed by atoms with Crippen molar-refractivity contribution in [1.82, 2.24) is 4.90 Å². The minimum atomic E-state index is 0.207. The zero-order valence-electron chi connectivity index (χ0n) is 10.0. The molecule has 17 heavy (non-hydrogen) atoms. The molecule has 1 aromatic carbocycles. The van der Waals surface area contributed by atoms with E-state index in [0.717, 1.165) is 39.1 Å². The van der Waals surface area contributed by atoms with Crippen LogP contribution in [-0.4, -0.2) is 44.2 Å². The minimum absolute atomic E-state index is 0.207. The summed E-state index contributed by atoms with van der Waals surface area (Å²) in [5, 5.41) is 0. The van der Waals surface area contributed by atoms with Crippen LogP contribution in [0.3, 0.4) is 0 Å². The second-order valence-electron chi connectivity index (χ2n) is 4.33. The van der Waals surface area contributed by atoms with E-state index in [-0.39, 0.29) is 6.61 Å². The maximum atomic E-state index is 11.5. The smallest absolute Gasteiger partial charge is 0.0888 e. The van der Waals surface area contributed by atoms with Gasteiger partial charge < -0.3 is 4.90 Å². The number of piperazine rings is 1. The molecule has 0 amide bonds. The van der Waals surface area contributed by atoms with E-state index in [9.17, 15) is 4.53 Å². The molecular formula is C13H19FN2O. The fraction of sp³-hybridized carbons (Fsp3) is 0.538. The second-order valence-corrected chi connectivity index (χ2v) is 4.33. The van der Waals surface area contributed by atoms with Crippen LogP contribution in [-0.2, 0) is 4.94 Å². The first-order valence-electron chi connectivity index (χ1n) is 6.16. The zero-order valence-corrected chi connectivity index (χ0v) is 10.0. The van der Waals surface area contributed by atoms with Gasteiger partial charge in [-0.25, -0.2) is 0 Å². The molecule has 0 bridgehead atoms. The summed E-state index contributed by atoms with van der Waals surface area (Å²) in [5.74, 6) is 0. The molecule has 0 saturated carbocycles. The summed E-state index contributed by atoms with van der Waals surface area (Å²) in [7, 11) is 0. The summed E-state index contributed by atoms with van der Waals surface area (Å²) in [4.78, 5) is 8.34. The summed E-state index contributed by atoms with van der Waals surface area (Å²) in [6.45, 7) is 5.30. The predicted octanol–water partition coefficient (Wildman–Crippen LogP) is 2.10. The number of hydrogen-bond donors (Lipinski definition) is 0. The molecule has 0 radical (unpaired) electrons. The lowest BCUT2D eigenvalue weighted by Gasteiger charge is -2.36. The van der Waals surface area contributed by atoms with Crippen molar-refractivity contribution >= 4 is 5.69 Å². The molecule has 4 heteroatoms. The Labute approximate surface area is 102 Å². The molecule has 0 spiro atoms. The molecule has 3 nitrogen and oxygen atoms in total. The van der Waals surface area contributed by atoms with E-state index in [0.29, 0.717) is 0 Å². The molecule has 1 heterocycles. The van der Waals surface area contributed by atoms with E-state index in [1.54, 1.807) is 0 Å². The Hall–Kier alpha value is -1.13. The van der Waals surface area contributed by atoms with Crippen molar-refractivity contribution in [3.8, 4) is 0 Å². The Morgan fingerprint density at radius 1 is 1.06 bits per heavy atom. The molecule has 94 valence electrons. The van der Waals surface area contributed by atoms with Gasteiger partial charge in [-0.15, -0.1) is 0 Å². The van der Waals surface area contributed by atoms with Crippen molar-refractivity contribution in [3.63, 3.8) is 0 Å². The van der Waals surface area contributed by atoms with Crippen molar-refractivity contribution in [1.29, 1.82) is 0 Å². The minimum Gasteiger partial charge on any atom is -0.369 e. The van der Waals surface area contributed by atoms with Crippen molar-refractivity contribution < 1.29 is 9.47 Å². The van der Waals surface area contributed by atoms with Crippen molar-refractivity contribution in [3.05, 3.63) is 30.3 Å². The van der Waals surface area contributed by atoms with Gasteiger partial charge in [-0.3, -0.25) is 4.90 Å². The molecular weight excluding hydrogens is 219 g/mol. The third-order valence-corrected chi connectivity index (χ3v) is 3.19. The fourth-order valence-electron chi connectivity index (χ4n) is 2.21. The third-order valence-electron chi connectivity index (χ3n) is 3.19. The van der Waals surface area contributed by atoms with Crippen molar-refractivity contribution in [2.75, 3.05) is 44.2 Å². The monoisotopic (exact) mass is 238 g/mol. The molecule has 1 saturated heterocycles. The van der Waals surface area contributed by atoms with E-state index >= 15 is 0 Å². The SMILES string of the molecule is FOCCCN1CCN(c2ccccc2)CC1. The lowest BCUT2D eigenvalue weighted by Crippen LogP contribution is -2.46. The highest BCUT2D eigenvalue weighted by Crippen LogP contribution is 2.15. The molecule has 1 fully saturated rings. The van der Waals surface area contributed by atoms with E-state index in [1.165, 1.54) is 5.69 Å². The maximum Gasteiger partial charge on any atom is 0.0888 e. The van der Waals surface area contributed by atoms with Crippen molar-refractivity contribution in [2.45, 2.75) is 6.42 Å². The lowest BCUT2D eigenvalue weighted by molar-refractivity contribution is -0.133. The number of benzene rings is 1. The number of halogens is 1. The molecule has 1 aliphatic heterocycles. The molecule has 0 atom stereocenters. The van der Waals surface area contributed by atoms with E-state index in [1.807, 2.05) is 6.07 Å². The summed E-state index contributed by atoms with van der Waals surface area (Å²) in [5.41, 5.74) is 1.29. The quantitative estimate of drug-likeness (QED) is 0.731. The highest BCUT2D eigenvalue weighted by atomic mass is 19.3. The number of nitrogens with zero attached hydrogens (tertiary/aromatic N) is 2. The fourth-order valence-corrected chi connectivity index (χ4v) is 2.21. The largest absolute Gasteiger partial charge is 0.369 e. The van der Waals surface area contributed by atoms with Gasteiger partial charge in [0.2, 0.25) is 0 Å². The molecule has 0 N–H and O–H groups in total. The lowest BCUT2D eigenvalue weighted by atomic mass is 10.2. The van der Waals surface area contributed by atoms with Gasteiger partial charge >= 0.3 is 0 Å². The average molecular weight is 238 g/mol. The van der Waals surface area contributed by atoms with Gasteiger partial charge in [0.05, 0.1) is 6.61 Å². The number of rotatable bonds is 5. The Morgan fingerprint density at radius 3 is 2.41 bits per heavy atom. The maximum absolute atomic E-state index is 11.5. The Morgan fingerprint density at radius 2 is 1.76 bits per heavy atom. The highest BCUT2D eigenvalue weighted by molar-refractivity contribution is 5.46. The van der Waals surface area contributed by atoms with Crippen LogP contribution >= 0.6 is 0 Å². The summed E-state index contributed by atoms with van der Waals surface area (Å²) in [6, 6.07) is 10.5. The van der Waals surface area contributed by atoms with Gasteiger partial charge in [0.1, 0.15) is 0 Å². The van der Waals surface area contributed by atoms with Crippen LogP contribution in [0.5, 0.6) is 0 Å². The van der Waals surface area contributed by atoms with Crippen LogP contribution in [0.25, 0.3) is 0 Å². The normalized spacial score (nSPS) is 17.4. The van der Waals surface area contributed by atoms with Gasteiger partial charge in [0, 0.05) is 38.4 Å². The third kappa shape index (κ3) is 3.68. The van der Waals surface area contributed by atoms with Crippen LogP contribution in [0, 0.1) is 0 Å². The topological polar surface area (TPSA) is 15.7 Å². The molecule has 1 aromatic rings. The zero-order chi connectivity index (χ0) is 11.9. The molecule has 1 aliphatic rings. The van der Waals surface area contributed by atoms with Gasteiger partial charge in [0.15, 0.2) is 0 Å². The first kappa shape index (κ1) is 12.3. The Bertz CT molecular complexity index is 312. The van der Waals surface area contributed by atoms with Crippen molar-refractivity contribution in [2.24, 2.45) is 0 Å². The standard InChI is InChI=1S/C13H19FN2O/c14-17-12-4-7-15-8-10-16(11-9-15)13-5-2-1-3-6-13/h1-3,5-6H,4,7-12H2. The summed E-state index contributed by atoms with van der Waals surface area (Å²) < 4.78 is 11.5. The molecule has 0 aromatic heterocycles. The van der Waals surface area contributed by atoms with Gasteiger partial charge in [-0.05, 0) is 23.1 Å². The number of hydrogen-bond acceptors (Lipinski definition) is 3. The Balaban J connectivity index is 1.74.